The molecule has 1 aromatic carbocycles. The van der Waals surface area contributed by atoms with E-state index < -0.39 is 6.10 Å². The normalized spacial score (nSPS) is 20.4. The van der Waals surface area contributed by atoms with E-state index in [2.05, 4.69) is 10.3 Å². The number of halogens is 1. The summed E-state index contributed by atoms with van der Waals surface area (Å²) in [5.74, 6) is -0.336. The van der Waals surface area contributed by atoms with Crippen LogP contribution in [0.25, 0.3) is 0 Å². The molecule has 84 valence electrons. The van der Waals surface area contributed by atoms with Crippen molar-refractivity contribution in [1.29, 1.82) is 0 Å². The largest absolute Gasteiger partial charge is 0.409 e. The lowest BCUT2D eigenvalue weighted by molar-refractivity contribution is 0.128. The van der Waals surface area contributed by atoms with E-state index in [1.807, 2.05) is 0 Å². The number of nitrogens with two attached hydrogens (primary N) is 1. The average Bonchev–Trinajstić information content (AvgIpc) is 2.78. The number of rotatable bonds is 2. The fraction of sp³-hybridized carbons (Fsp3) is 0.200. The number of oxime groups is 2. The fourth-order valence-electron chi connectivity index (χ4n) is 1.41. The summed E-state index contributed by atoms with van der Waals surface area (Å²) in [7, 11) is 0. The van der Waals surface area contributed by atoms with Crippen LogP contribution in [0.3, 0.4) is 0 Å². The zero-order chi connectivity index (χ0) is 11.5. The second-order valence-electron chi connectivity index (χ2n) is 3.37. The van der Waals surface area contributed by atoms with Gasteiger partial charge in [-0.3, -0.25) is 0 Å². The van der Waals surface area contributed by atoms with E-state index in [9.17, 15) is 4.39 Å². The maximum absolute atomic E-state index is 12.7. The Bertz CT molecular complexity index is 442. The van der Waals surface area contributed by atoms with Crippen LogP contribution in [-0.4, -0.2) is 22.9 Å². The second kappa shape index (κ2) is 4.18. The van der Waals surface area contributed by atoms with Crippen LogP contribution < -0.4 is 5.73 Å². The number of nitrogens with zero attached hydrogens (tertiary/aromatic N) is 2. The van der Waals surface area contributed by atoms with Crippen LogP contribution in [0.1, 0.15) is 12.0 Å². The van der Waals surface area contributed by atoms with E-state index in [4.69, 9.17) is 15.8 Å². The molecule has 0 radical (unpaired) electrons. The van der Waals surface area contributed by atoms with Crippen LogP contribution in [0.2, 0.25) is 0 Å². The number of benzene rings is 1. The molecule has 3 N–H and O–H groups in total. The quantitative estimate of drug-likeness (QED) is 0.340. The van der Waals surface area contributed by atoms with Gasteiger partial charge in [0.15, 0.2) is 11.9 Å². The predicted octanol–water partition coefficient (Wildman–Crippen LogP) is 1.07. The minimum Gasteiger partial charge on any atom is -0.409 e. The molecule has 16 heavy (non-hydrogen) atoms. The van der Waals surface area contributed by atoms with Crippen molar-refractivity contribution in [2.75, 3.05) is 0 Å². The van der Waals surface area contributed by atoms with Crippen LogP contribution in [0.4, 0.5) is 4.39 Å². The first-order valence-electron chi connectivity index (χ1n) is 4.66. The summed E-state index contributed by atoms with van der Waals surface area (Å²) >= 11 is 0. The molecule has 1 heterocycles. The summed E-state index contributed by atoms with van der Waals surface area (Å²) in [6, 6.07) is 5.89. The molecular weight excluding hydrogens is 213 g/mol. The van der Waals surface area contributed by atoms with Gasteiger partial charge in [-0.25, -0.2) is 4.39 Å². The van der Waals surface area contributed by atoms with Crippen molar-refractivity contribution in [1.82, 2.24) is 0 Å². The molecular formula is C10H10FN3O2. The minimum absolute atomic E-state index is 0.0270. The Morgan fingerprint density at radius 2 is 2.19 bits per heavy atom. The molecule has 0 amide bonds. The molecule has 0 aliphatic carbocycles. The van der Waals surface area contributed by atoms with Gasteiger partial charge in [-0.2, -0.15) is 0 Å². The zero-order valence-corrected chi connectivity index (χ0v) is 8.30. The van der Waals surface area contributed by atoms with Crippen LogP contribution in [0, 0.1) is 5.82 Å². The molecule has 0 saturated heterocycles. The Morgan fingerprint density at radius 1 is 1.50 bits per heavy atom. The Morgan fingerprint density at radius 3 is 2.81 bits per heavy atom. The molecule has 0 aromatic heterocycles. The summed E-state index contributed by atoms with van der Waals surface area (Å²) in [6.45, 7) is 0. The van der Waals surface area contributed by atoms with Crippen LogP contribution in [-0.2, 0) is 4.84 Å². The Kier molecular flexibility index (Phi) is 2.72. The summed E-state index contributed by atoms with van der Waals surface area (Å²) < 4.78 is 12.7. The topological polar surface area (TPSA) is 80.2 Å². The second-order valence-corrected chi connectivity index (χ2v) is 3.37. The van der Waals surface area contributed by atoms with E-state index in [-0.39, 0.29) is 11.7 Å². The van der Waals surface area contributed by atoms with Crippen molar-refractivity contribution in [2.24, 2.45) is 16.0 Å². The lowest BCUT2D eigenvalue weighted by Gasteiger charge is -2.04. The van der Waals surface area contributed by atoms with Crippen molar-refractivity contribution in [3.63, 3.8) is 0 Å². The molecule has 6 heteroatoms. The van der Waals surface area contributed by atoms with Gasteiger partial charge in [0.2, 0.25) is 0 Å². The van der Waals surface area contributed by atoms with Gasteiger partial charge in [0.1, 0.15) is 5.82 Å². The van der Waals surface area contributed by atoms with Crippen molar-refractivity contribution in [3.8, 4) is 0 Å². The van der Waals surface area contributed by atoms with Gasteiger partial charge in [-0.05, 0) is 17.7 Å². The summed E-state index contributed by atoms with van der Waals surface area (Å²) in [5, 5.41) is 15.1. The van der Waals surface area contributed by atoms with Gasteiger partial charge in [0.25, 0.3) is 0 Å². The highest BCUT2D eigenvalue weighted by Crippen LogP contribution is 2.17. The first kappa shape index (κ1) is 10.4. The smallest absolute Gasteiger partial charge is 0.193 e. The zero-order valence-electron chi connectivity index (χ0n) is 8.30. The van der Waals surface area contributed by atoms with E-state index in [0.717, 1.165) is 5.56 Å². The Labute approximate surface area is 91.0 Å². The highest BCUT2D eigenvalue weighted by atomic mass is 19.1. The van der Waals surface area contributed by atoms with Crippen LogP contribution in [0.15, 0.2) is 34.6 Å². The monoisotopic (exact) mass is 223 g/mol. The standard InChI is InChI=1S/C10H10FN3O2/c11-7-3-1-6(2-4-7)8-5-9(16-14-8)10(12)13-15/h1-4,9,15H,5H2,(H2,12,13)/t9-/m1/s1. The molecule has 0 bridgehead atoms. The van der Waals surface area contributed by atoms with Crippen molar-refractivity contribution in [3.05, 3.63) is 35.6 Å². The summed E-state index contributed by atoms with van der Waals surface area (Å²) in [5.41, 5.74) is 6.79. The average molecular weight is 223 g/mol. The van der Waals surface area contributed by atoms with Gasteiger partial charge in [-0.1, -0.05) is 22.4 Å². The predicted molar refractivity (Wildman–Crippen MR) is 55.8 cm³/mol. The first-order chi connectivity index (χ1) is 7.70. The minimum atomic E-state index is -0.551. The maximum Gasteiger partial charge on any atom is 0.193 e. The molecule has 2 rings (SSSR count). The van der Waals surface area contributed by atoms with E-state index in [1.54, 1.807) is 12.1 Å². The fourth-order valence-corrected chi connectivity index (χ4v) is 1.41. The molecule has 0 fully saturated rings. The van der Waals surface area contributed by atoms with Crippen molar-refractivity contribution >= 4 is 11.5 Å². The molecule has 0 saturated carbocycles. The molecule has 1 atom stereocenters. The summed E-state index contributed by atoms with van der Waals surface area (Å²) in [6.07, 6.45) is -0.147. The number of amidine groups is 1. The van der Waals surface area contributed by atoms with Crippen LogP contribution >= 0.6 is 0 Å². The van der Waals surface area contributed by atoms with E-state index >= 15 is 0 Å². The van der Waals surface area contributed by atoms with Gasteiger partial charge in [0.05, 0.1) is 5.71 Å². The Hall–Kier alpha value is -2.11. The van der Waals surface area contributed by atoms with E-state index in [0.29, 0.717) is 12.1 Å². The third kappa shape index (κ3) is 1.95. The van der Waals surface area contributed by atoms with Gasteiger partial charge in [-0.15, -0.1) is 0 Å². The Balaban J connectivity index is 2.11. The molecule has 1 aliphatic heterocycles. The van der Waals surface area contributed by atoms with Crippen LogP contribution in [0.5, 0.6) is 0 Å². The highest BCUT2D eigenvalue weighted by molar-refractivity contribution is 6.04. The highest BCUT2D eigenvalue weighted by Gasteiger charge is 2.25. The van der Waals surface area contributed by atoms with E-state index in [1.165, 1.54) is 12.1 Å². The maximum atomic E-state index is 12.7. The van der Waals surface area contributed by atoms with Gasteiger partial charge in [0, 0.05) is 6.42 Å². The van der Waals surface area contributed by atoms with Gasteiger partial charge < -0.3 is 15.8 Å². The SMILES string of the molecule is N/C(=N/O)[C@H]1CC(c2ccc(F)cc2)=NO1. The van der Waals surface area contributed by atoms with Crippen molar-refractivity contribution < 1.29 is 14.4 Å². The molecule has 5 nitrogen and oxygen atoms in total. The molecule has 0 unspecified atom stereocenters. The number of hydrogen-bond donors (Lipinski definition) is 2. The van der Waals surface area contributed by atoms with Gasteiger partial charge >= 0.3 is 0 Å². The summed E-state index contributed by atoms with van der Waals surface area (Å²) in [4.78, 5) is 4.98. The molecule has 1 aliphatic rings. The first-order valence-corrected chi connectivity index (χ1v) is 4.66. The molecule has 0 spiro atoms. The third-order valence-electron chi connectivity index (χ3n) is 2.29. The lowest BCUT2D eigenvalue weighted by atomic mass is 10.0. The number of hydrogen-bond acceptors (Lipinski definition) is 4. The third-order valence-corrected chi connectivity index (χ3v) is 2.29. The lowest BCUT2D eigenvalue weighted by Crippen LogP contribution is -2.29. The molecule has 1 aromatic rings. The van der Waals surface area contributed by atoms with Crippen molar-refractivity contribution in [2.45, 2.75) is 12.5 Å².